The van der Waals surface area contributed by atoms with Gasteiger partial charge in [-0.1, -0.05) is 48.0 Å². The Balaban J connectivity index is 1.52. The molecule has 0 radical (unpaired) electrons. The van der Waals surface area contributed by atoms with E-state index in [9.17, 15) is 9.59 Å². The number of halogens is 1. The molecule has 0 amide bonds. The number of hydrogen-bond acceptors (Lipinski definition) is 6. The van der Waals surface area contributed by atoms with Gasteiger partial charge in [-0.05, 0) is 102 Å². The number of aromatic nitrogens is 2. The zero-order valence-corrected chi connectivity index (χ0v) is 27.0. The zero-order valence-electron chi connectivity index (χ0n) is 26.3. The Bertz CT molecular complexity index is 1540. The highest BCUT2D eigenvalue weighted by atomic mass is 35.5. The first-order valence-electron chi connectivity index (χ1n) is 16.2. The van der Waals surface area contributed by atoms with Gasteiger partial charge in [0.2, 0.25) is 0 Å². The van der Waals surface area contributed by atoms with Gasteiger partial charge < -0.3 is 9.47 Å². The third-order valence-corrected chi connectivity index (χ3v) is 8.95. The third-order valence-electron chi connectivity index (χ3n) is 8.74. The maximum atomic E-state index is 14.0. The second-order valence-corrected chi connectivity index (χ2v) is 12.6. The largest absolute Gasteiger partial charge is 0.353 e. The molecule has 2 unspecified atom stereocenters. The van der Waals surface area contributed by atoms with Crippen molar-refractivity contribution >= 4 is 28.3 Å². The molecular formula is C35H45ClN4O4. The third kappa shape index (κ3) is 7.76. The van der Waals surface area contributed by atoms with Crippen molar-refractivity contribution in [2.45, 2.75) is 104 Å². The highest BCUT2D eigenvalue weighted by molar-refractivity contribution is 6.68. The fourth-order valence-electron chi connectivity index (χ4n) is 6.40. The molecule has 1 aromatic heterocycles. The van der Waals surface area contributed by atoms with Gasteiger partial charge >= 0.3 is 5.69 Å². The highest BCUT2D eigenvalue weighted by Gasteiger charge is 2.30. The summed E-state index contributed by atoms with van der Waals surface area (Å²) >= 11 is 6.39. The van der Waals surface area contributed by atoms with Gasteiger partial charge in [0.1, 0.15) is 11.0 Å². The second-order valence-electron chi connectivity index (χ2n) is 12.2. The average molecular weight is 621 g/mol. The lowest BCUT2D eigenvalue weighted by molar-refractivity contribution is -0.163. The van der Waals surface area contributed by atoms with Crippen LogP contribution in [0.1, 0.15) is 89.3 Å². The molecule has 1 saturated heterocycles. The van der Waals surface area contributed by atoms with Gasteiger partial charge in [0, 0.05) is 30.8 Å². The molecule has 4 heterocycles. The number of aryl methyl sites for hydroxylation is 1. The highest BCUT2D eigenvalue weighted by Crippen LogP contribution is 2.34. The number of aliphatic imine (C=N–C) groups is 2. The quantitative estimate of drug-likeness (QED) is 0.266. The fraction of sp³-hybridized carbons (Fsp3) is 0.543. The van der Waals surface area contributed by atoms with Crippen molar-refractivity contribution in [1.29, 1.82) is 0 Å². The summed E-state index contributed by atoms with van der Waals surface area (Å²) in [5.41, 5.74) is 4.12. The van der Waals surface area contributed by atoms with E-state index in [1.807, 2.05) is 39.0 Å². The molecule has 0 N–H and O–H groups in total. The van der Waals surface area contributed by atoms with Crippen molar-refractivity contribution in [3.05, 3.63) is 85.7 Å². The van der Waals surface area contributed by atoms with Crippen LogP contribution in [0.5, 0.6) is 0 Å². The summed E-state index contributed by atoms with van der Waals surface area (Å²) in [4.78, 5) is 37.8. The smallest absolute Gasteiger partial charge is 0.332 e. The van der Waals surface area contributed by atoms with Gasteiger partial charge in [-0.15, -0.1) is 0 Å². The lowest BCUT2D eigenvalue weighted by Crippen LogP contribution is -2.42. The number of rotatable bonds is 10. The first-order chi connectivity index (χ1) is 21.3. The Labute approximate surface area is 265 Å². The van der Waals surface area contributed by atoms with Gasteiger partial charge in [-0.2, -0.15) is 0 Å². The number of ether oxygens (including phenoxy) is 2. The van der Waals surface area contributed by atoms with E-state index in [1.165, 1.54) is 10.1 Å². The Morgan fingerprint density at radius 1 is 1.09 bits per heavy atom. The van der Waals surface area contributed by atoms with Crippen molar-refractivity contribution in [3.63, 3.8) is 0 Å². The summed E-state index contributed by atoms with van der Waals surface area (Å²) in [5, 5.41) is 0.441. The van der Waals surface area contributed by atoms with Gasteiger partial charge in [0.15, 0.2) is 6.29 Å². The minimum Gasteiger partial charge on any atom is -0.353 e. The number of allylic oxidation sites excluding steroid dienone is 4. The summed E-state index contributed by atoms with van der Waals surface area (Å²) in [6.07, 6.45) is 11.9. The summed E-state index contributed by atoms with van der Waals surface area (Å²) in [5.74, 6) is 0.584. The molecule has 3 aliphatic rings. The Morgan fingerprint density at radius 2 is 1.91 bits per heavy atom. The number of nitrogens with zero attached hydrogens (tertiary/aromatic N) is 4. The van der Waals surface area contributed by atoms with E-state index < -0.39 is 0 Å². The van der Waals surface area contributed by atoms with E-state index in [1.54, 1.807) is 4.57 Å². The van der Waals surface area contributed by atoms with E-state index in [4.69, 9.17) is 26.1 Å². The van der Waals surface area contributed by atoms with Crippen molar-refractivity contribution in [3.8, 4) is 0 Å². The van der Waals surface area contributed by atoms with E-state index in [2.05, 4.69) is 29.3 Å². The molecule has 9 heteroatoms. The molecule has 0 saturated carbocycles. The van der Waals surface area contributed by atoms with E-state index in [0.29, 0.717) is 42.5 Å². The molecule has 2 aromatic rings. The first-order valence-corrected chi connectivity index (χ1v) is 16.6. The van der Waals surface area contributed by atoms with Gasteiger partial charge in [-0.3, -0.25) is 13.9 Å². The maximum absolute atomic E-state index is 14.0. The lowest BCUT2D eigenvalue weighted by Gasteiger charge is -2.23. The molecule has 2 atom stereocenters. The fourth-order valence-corrected chi connectivity index (χ4v) is 6.62. The van der Waals surface area contributed by atoms with Crippen LogP contribution in [0.4, 0.5) is 5.82 Å². The number of benzene rings is 1. The topological polar surface area (TPSA) is 87.2 Å². The van der Waals surface area contributed by atoms with Crippen LogP contribution in [0.2, 0.25) is 0 Å². The van der Waals surface area contributed by atoms with Crippen LogP contribution in [0.25, 0.3) is 0 Å². The minimum atomic E-state index is -0.323. The minimum absolute atomic E-state index is 0.0948. The van der Waals surface area contributed by atoms with Crippen molar-refractivity contribution in [1.82, 2.24) is 9.13 Å². The molecule has 3 aliphatic heterocycles. The Kier molecular flexibility index (Phi) is 11.2. The molecule has 0 bridgehead atoms. The van der Waals surface area contributed by atoms with Gasteiger partial charge in [0.25, 0.3) is 5.56 Å². The summed E-state index contributed by atoms with van der Waals surface area (Å²) in [7, 11) is 0. The van der Waals surface area contributed by atoms with Crippen LogP contribution in [-0.4, -0.2) is 39.5 Å². The first kappa shape index (κ1) is 32.3. The Hall–Kier alpha value is -3.07. The van der Waals surface area contributed by atoms with E-state index >= 15 is 0 Å². The van der Waals surface area contributed by atoms with Crippen LogP contribution in [0.3, 0.4) is 0 Å². The average Bonchev–Trinajstić information content (AvgIpc) is 3.19. The van der Waals surface area contributed by atoms with Crippen LogP contribution < -0.4 is 11.2 Å². The predicted octanol–water partition coefficient (Wildman–Crippen LogP) is 7.05. The molecule has 0 spiro atoms. The van der Waals surface area contributed by atoms with Crippen LogP contribution in [0.15, 0.2) is 73.3 Å². The maximum Gasteiger partial charge on any atom is 0.332 e. The number of fused-ring (bicyclic) bond motifs is 1. The molecule has 8 nitrogen and oxygen atoms in total. The summed E-state index contributed by atoms with van der Waals surface area (Å²) in [6.45, 7) is 7.37. The van der Waals surface area contributed by atoms with Crippen molar-refractivity contribution in [2.24, 2.45) is 15.9 Å². The zero-order chi connectivity index (χ0) is 31.1. The number of hydrogen-bond donors (Lipinski definition) is 0. The molecule has 1 fully saturated rings. The summed E-state index contributed by atoms with van der Waals surface area (Å²) in [6, 6.07) is 10.3. The monoisotopic (exact) mass is 620 g/mol. The normalized spacial score (nSPS) is 24.5. The van der Waals surface area contributed by atoms with Crippen LogP contribution >= 0.6 is 11.6 Å². The van der Waals surface area contributed by atoms with E-state index in [-0.39, 0.29) is 29.5 Å². The molecule has 236 valence electrons. The van der Waals surface area contributed by atoms with Crippen LogP contribution in [0, 0.1) is 5.92 Å². The van der Waals surface area contributed by atoms with Crippen molar-refractivity contribution < 1.29 is 9.47 Å². The lowest BCUT2D eigenvalue weighted by atomic mass is 9.85. The van der Waals surface area contributed by atoms with Crippen LogP contribution in [-0.2, 0) is 28.9 Å². The van der Waals surface area contributed by atoms with Gasteiger partial charge in [0.05, 0.1) is 17.9 Å². The SMILES string of the molecule is CC1=C(/C2=Nc3c(c(=O)n(CCCOC4CCCCO4)c(=O)n3C(C)C)CCC2CCc2ccccc2)CC\C=C/C(Cl)=N/1. The van der Waals surface area contributed by atoms with Crippen molar-refractivity contribution in [2.75, 3.05) is 13.2 Å². The predicted molar refractivity (Wildman–Crippen MR) is 178 cm³/mol. The molecule has 44 heavy (non-hydrogen) atoms. The molecular weight excluding hydrogens is 576 g/mol. The molecule has 0 aliphatic carbocycles. The van der Waals surface area contributed by atoms with E-state index in [0.717, 1.165) is 75.0 Å². The molecule has 1 aromatic carbocycles. The molecule has 5 rings (SSSR count). The standard InChI is InChI=1S/C35H45ClN4O4/c1-24(2)40-33-29(34(41)39(35(40)42)21-11-23-44-31-16-9-10-22-43-31)20-19-27(18-17-26-12-5-4-6-13-26)32(38-33)28-14-7-8-15-30(36)37-25(28)3/h4-6,8,12-13,15,24,27,31H,7,9-11,14,16-23H2,1-3H3/b15-8-,28-25+,37-30-. The second kappa shape index (κ2) is 15.3. The Morgan fingerprint density at radius 3 is 2.66 bits per heavy atom. The van der Waals surface area contributed by atoms with Gasteiger partial charge in [-0.25, -0.2) is 14.8 Å². The summed E-state index contributed by atoms with van der Waals surface area (Å²) < 4.78 is 14.7.